The van der Waals surface area contributed by atoms with Gasteiger partial charge in [0.2, 0.25) is 10.0 Å². The zero-order valence-electron chi connectivity index (χ0n) is 14.8. The fraction of sp³-hybridized carbons (Fsp3) is 0.278. The fourth-order valence-electron chi connectivity index (χ4n) is 3.25. The van der Waals surface area contributed by atoms with Crippen LogP contribution < -0.4 is 0 Å². The SMILES string of the molecule is CN1CCN(S(=O)(=O)c2ccc(-c3c(O)[nH]c4ccccc34)nc2)CC1.Cl. The number of fused-ring (bicyclic) bond motifs is 1. The number of benzene rings is 1. The Morgan fingerprint density at radius 3 is 2.44 bits per heavy atom. The Kier molecular flexibility index (Phi) is 5.43. The van der Waals surface area contributed by atoms with E-state index in [4.69, 9.17) is 0 Å². The lowest BCUT2D eigenvalue weighted by Gasteiger charge is -2.31. The number of aromatic nitrogens is 2. The summed E-state index contributed by atoms with van der Waals surface area (Å²) in [6, 6.07) is 10.7. The molecule has 0 radical (unpaired) electrons. The van der Waals surface area contributed by atoms with E-state index in [9.17, 15) is 13.5 Å². The first-order valence-corrected chi connectivity index (χ1v) is 9.85. The molecule has 0 aliphatic carbocycles. The van der Waals surface area contributed by atoms with E-state index in [0.717, 1.165) is 10.9 Å². The second-order valence-corrected chi connectivity index (χ2v) is 8.42. The van der Waals surface area contributed by atoms with E-state index in [1.165, 1.54) is 10.5 Å². The van der Waals surface area contributed by atoms with E-state index in [-0.39, 0.29) is 23.2 Å². The fourth-order valence-corrected chi connectivity index (χ4v) is 4.61. The second kappa shape index (κ2) is 7.47. The van der Waals surface area contributed by atoms with Crippen LogP contribution in [0.25, 0.3) is 22.2 Å². The van der Waals surface area contributed by atoms with Crippen LogP contribution >= 0.6 is 12.4 Å². The summed E-state index contributed by atoms with van der Waals surface area (Å²) in [4.78, 5) is 9.50. The number of aromatic amines is 1. The maximum atomic E-state index is 12.8. The summed E-state index contributed by atoms with van der Waals surface area (Å²) in [5.41, 5.74) is 1.90. The van der Waals surface area contributed by atoms with E-state index < -0.39 is 10.0 Å². The maximum Gasteiger partial charge on any atom is 0.244 e. The van der Waals surface area contributed by atoms with Gasteiger partial charge in [-0.1, -0.05) is 18.2 Å². The van der Waals surface area contributed by atoms with Gasteiger partial charge in [0.15, 0.2) is 5.88 Å². The minimum Gasteiger partial charge on any atom is -0.494 e. The van der Waals surface area contributed by atoms with Gasteiger partial charge in [-0.25, -0.2) is 8.42 Å². The maximum absolute atomic E-state index is 12.8. The van der Waals surface area contributed by atoms with E-state index in [0.29, 0.717) is 37.4 Å². The van der Waals surface area contributed by atoms with E-state index >= 15 is 0 Å². The van der Waals surface area contributed by atoms with Gasteiger partial charge in [-0.2, -0.15) is 4.31 Å². The average molecular weight is 409 g/mol. The molecule has 7 nitrogen and oxygen atoms in total. The lowest BCUT2D eigenvalue weighted by Crippen LogP contribution is -2.47. The van der Waals surface area contributed by atoms with Gasteiger partial charge in [0.1, 0.15) is 4.90 Å². The van der Waals surface area contributed by atoms with Gasteiger partial charge < -0.3 is 15.0 Å². The van der Waals surface area contributed by atoms with Crippen LogP contribution in [-0.2, 0) is 10.0 Å². The molecule has 1 saturated heterocycles. The molecule has 9 heteroatoms. The first-order chi connectivity index (χ1) is 12.5. The molecule has 0 amide bonds. The molecule has 1 aromatic carbocycles. The predicted octanol–water partition coefficient (Wildman–Crippen LogP) is 2.29. The number of piperazine rings is 1. The number of sulfonamides is 1. The highest BCUT2D eigenvalue weighted by molar-refractivity contribution is 7.89. The summed E-state index contributed by atoms with van der Waals surface area (Å²) in [6.07, 6.45) is 1.37. The summed E-state index contributed by atoms with van der Waals surface area (Å²) < 4.78 is 27.1. The number of nitrogens with one attached hydrogen (secondary N) is 1. The number of aromatic hydroxyl groups is 1. The lowest BCUT2D eigenvalue weighted by molar-refractivity contribution is 0.222. The number of halogens is 1. The van der Waals surface area contributed by atoms with Crippen LogP contribution in [0, 0.1) is 0 Å². The molecule has 4 rings (SSSR count). The molecule has 1 aliphatic rings. The molecule has 3 heterocycles. The Balaban J connectivity index is 0.00000210. The highest BCUT2D eigenvalue weighted by atomic mass is 35.5. The molecular weight excluding hydrogens is 388 g/mol. The van der Waals surface area contributed by atoms with Gasteiger partial charge in [-0.05, 0) is 25.2 Å². The highest BCUT2D eigenvalue weighted by Gasteiger charge is 2.28. The van der Waals surface area contributed by atoms with E-state index in [1.807, 2.05) is 31.3 Å². The van der Waals surface area contributed by atoms with Gasteiger partial charge in [-0.3, -0.25) is 4.98 Å². The van der Waals surface area contributed by atoms with E-state index in [2.05, 4.69) is 14.9 Å². The molecule has 3 aromatic rings. The normalized spacial score (nSPS) is 16.3. The van der Waals surface area contributed by atoms with Crippen molar-refractivity contribution in [3.63, 3.8) is 0 Å². The van der Waals surface area contributed by atoms with Crippen LogP contribution in [0.4, 0.5) is 0 Å². The van der Waals surface area contributed by atoms with Crippen molar-refractivity contribution in [2.75, 3.05) is 33.2 Å². The molecule has 1 fully saturated rings. The van der Waals surface area contributed by atoms with Crippen LogP contribution in [0.1, 0.15) is 0 Å². The molecule has 144 valence electrons. The number of H-pyrrole nitrogens is 1. The van der Waals surface area contributed by atoms with Crippen molar-refractivity contribution >= 4 is 33.3 Å². The Labute approximate surface area is 164 Å². The molecule has 0 spiro atoms. The number of para-hydroxylation sites is 1. The minimum absolute atomic E-state index is 0. The summed E-state index contributed by atoms with van der Waals surface area (Å²) in [6.45, 7) is 2.38. The molecule has 27 heavy (non-hydrogen) atoms. The van der Waals surface area contributed by atoms with Crippen molar-refractivity contribution in [2.24, 2.45) is 0 Å². The zero-order valence-corrected chi connectivity index (χ0v) is 16.4. The predicted molar refractivity (Wildman–Crippen MR) is 107 cm³/mol. The van der Waals surface area contributed by atoms with Crippen LogP contribution in [0.2, 0.25) is 0 Å². The quantitative estimate of drug-likeness (QED) is 0.694. The van der Waals surface area contributed by atoms with Crippen molar-refractivity contribution in [2.45, 2.75) is 4.90 Å². The number of pyridine rings is 1. The summed E-state index contributed by atoms with van der Waals surface area (Å²) >= 11 is 0. The van der Waals surface area contributed by atoms with Gasteiger partial charge in [0, 0.05) is 43.3 Å². The zero-order chi connectivity index (χ0) is 18.3. The second-order valence-electron chi connectivity index (χ2n) is 6.48. The number of rotatable bonds is 3. The molecule has 0 bridgehead atoms. The number of hydrogen-bond donors (Lipinski definition) is 2. The van der Waals surface area contributed by atoms with Crippen molar-refractivity contribution in [1.29, 1.82) is 0 Å². The van der Waals surface area contributed by atoms with Crippen LogP contribution in [-0.4, -0.2) is 65.9 Å². The molecular formula is C18H21ClN4O3S. The van der Waals surface area contributed by atoms with Crippen LogP contribution in [0.15, 0.2) is 47.5 Å². The number of nitrogens with zero attached hydrogens (tertiary/aromatic N) is 3. The van der Waals surface area contributed by atoms with Crippen molar-refractivity contribution < 1.29 is 13.5 Å². The molecule has 0 atom stereocenters. The summed E-state index contributed by atoms with van der Waals surface area (Å²) in [5.74, 6) is 0.0216. The lowest BCUT2D eigenvalue weighted by atomic mass is 10.1. The number of hydrogen-bond acceptors (Lipinski definition) is 5. The monoisotopic (exact) mass is 408 g/mol. The third-order valence-electron chi connectivity index (χ3n) is 4.78. The molecule has 2 N–H and O–H groups in total. The Hall–Kier alpha value is -2.13. The first-order valence-electron chi connectivity index (χ1n) is 8.41. The summed E-state index contributed by atoms with van der Waals surface area (Å²) in [5, 5.41) is 11.1. The van der Waals surface area contributed by atoms with Crippen LogP contribution in [0.5, 0.6) is 5.88 Å². The van der Waals surface area contributed by atoms with Gasteiger partial charge >= 0.3 is 0 Å². The Morgan fingerprint density at radius 1 is 1.07 bits per heavy atom. The molecule has 0 unspecified atom stereocenters. The molecule has 1 aliphatic heterocycles. The first kappa shape index (κ1) is 19.6. The molecule has 2 aromatic heterocycles. The highest BCUT2D eigenvalue weighted by Crippen LogP contribution is 2.35. The van der Waals surface area contributed by atoms with Crippen molar-refractivity contribution in [3.8, 4) is 17.1 Å². The minimum atomic E-state index is -3.55. The smallest absolute Gasteiger partial charge is 0.244 e. The summed E-state index contributed by atoms with van der Waals surface area (Å²) in [7, 11) is -1.57. The van der Waals surface area contributed by atoms with E-state index in [1.54, 1.807) is 12.1 Å². The van der Waals surface area contributed by atoms with Gasteiger partial charge in [0.05, 0.1) is 11.3 Å². The third-order valence-corrected chi connectivity index (χ3v) is 6.66. The topological polar surface area (TPSA) is 89.5 Å². The largest absolute Gasteiger partial charge is 0.494 e. The van der Waals surface area contributed by atoms with Gasteiger partial charge in [-0.15, -0.1) is 12.4 Å². The van der Waals surface area contributed by atoms with Crippen molar-refractivity contribution in [1.82, 2.24) is 19.2 Å². The average Bonchev–Trinajstić information content (AvgIpc) is 2.98. The Morgan fingerprint density at radius 2 is 1.78 bits per heavy atom. The van der Waals surface area contributed by atoms with Crippen molar-refractivity contribution in [3.05, 3.63) is 42.6 Å². The standard InChI is InChI=1S/C18H20N4O3S.ClH/c1-21-8-10-22(11-9-21)26(24,25)13-6-7-16(19-12-13)17-14-4-2-3-5-15(14)20-18(17)23;/h2-7,12,20,23H,8-11H2,1H3;1H. The van der Waals surface area contributed by atoms with Gasteiger partial charge in [0.25, 0.3) is 0 Å². The van der Waals surface area contributed by atoms with Crippen LogP contribution in [0.3, 0.4) is 0 Å². The third kappa shape index (κ3) is 3.53. The molecule has 0 saturated carbocycles. The Bertz CT molecular complexity index is 1040. The number of likely N-dealkylation sites (N-methyl/N-ethyl adjacent to an activating group) is 1.